The summed E-state index contributed by atoms with van der Waals surface area (Å²) in [5.74, 6) is 0.694. The Morgan fingerprint density at radius 3 is 2.27 bits per heavy atom. The largest absolute Gasteiger partial charge is 0.508 e. The molecule has 0 unspecified atom stereocenters. The summed E-state index contributed by atoms with van der Waals surface area (Å²) < 4.78 is 5.21. The van der Waals surface area contributed by atoms with Crippen LogP contribution in [0.2, 0.25) is 0 Å². The van der Waals surface area contributed by atoms with E-state index in [4.69, 9.17) is 4.74 Å². The van der Waals surface area contributed by atoms with Crippen molar-refractivity contribution in [3.8, 4) is 22.6 Å². The fourth-order valence-corrected chi connectivity index (χ4v) is 2.79. The summed E-state index contributed by atoms with van der Waals surface area (Å²) in [4.78, 5) is 0. The first-order chi connectivity index (χ1) is 10.5. The van der Waals surface area contributed by atoms with Crippen LogP contribution in [0.1, 0.15) is 25.0 Å². The predicted molar refractivity (Wildman–Crippen MR) is 89.3 cm³/mol. The van der Waals surface area contributed by atoms with Gasteiger partial charge in [-0.05, 0) is 35.4 Å². The number of hydrogen-bond donors (Lipinski definition) is 2. The zero-order chi connectivity index (χ0) is 16.1. The smallest absolute Gasteiger partial charge is 0.127 e. The van der Waals surface area contributed by atoms with E-state index in [1.807, 2.05) is 30.3 Å². The van der Waals surface area contributed by atoms with Gasteiger partial charge >= 0.3 is 0 Å². The highest BCUT2D eigenvalue weighted by Crippen LogP contribution is 2.40. The van der Waals surface area contributed by atoms with Gasteiger partial charge in [-0.2, -0.15) is 0 Å². The van der Waals surface area contributed by atoms with Gasteiger partial charge in [-0.15, -0.1) is 0 Å². The molecule has 3 heteroatoms. The molecule has 0 aliphatic heterocycles. The lowest BCUT2D eigenvalue weighted by Gasteiger charge is -2.19. The molecule has 3 nitrogen and oxygen atoms in total. The van der Waals surface area contributed by atoms with Gasteiger partial charge in [-0.3, -0.25) is 0 Å². The fraction of sp³-hybridized carbons (Fsp3) is 0.368. The van der Waals surface area contributed by atoms with Gasteiger partial charge in [0.1, 0.15) is 11.5 Å². The van der Waals surface area contributed by atoms with E-state index in [-0.39, 0.29) is 11.5 Å². The zero-order valence-electron chi connectivity index (χ0n) is 13.5. The minimum absolute atomic E-state index is 0.113. The van der Waals surface area contributed by atoms with Gasteiger partial charge in [0.05, 0.1) is 6.61 Å². The van der Waals surface area contributed by atoms with Crippen molar-refractivity contribution in [2.24, 2.45) is 5.92 Å². The molecule has 2 aromatic rings. The van der Waals surface area contributed by atoms with E-state index < -0.39 is 0 Å². The second-order valence-electron chi connectivity index (χ2n) is 5.95. The van der Waals surface area contributed by atoms with Crippen LogP contribution >= 0.6 is 0 Å². The van der Waals surface area contributed by atoms with Crippen molar-refractivity contribution in [2.45, 2.75) is 26.7 Å². The van der Waals surface area contributed by atoms with Crippen LogP contribution in [-0.4, -0.2) is 23.9 Å². The van der Waals surface area contributed by atoms with Crippen LogP contribution in [-0.2, 0) is 17.6 Å². The molecule has 0 fully saturated rings. The summed E-state index contributed by atoms with van der Waals surface area (Å²) in [5, 5.41) is 20.7. The molecule has 22 heavy (non-hydrogen) atoms. The summed E-state index contributed by atoms with van der Waals surface area (Å²) >= 11 is 0. The van der Waals surface area contributed by atoms with Crippen molar-refractivity contribution >= 4 is 0 Å². The monoisotopic (exact) mass is 300 g/mol. The van der Waals surface area contributed by atoms with E-state index in [2.05, 4.69) is 13.8 Å². The minimum Gasteiger partial charge on any atom is -0.508 e. The first-order valence-corrected chi connectivity index (χ1v) is 7.65. The Morgan fingerprint density at radius 2 is 1.68 bits per heavy atom. The Morgan fingerprint density at radius 1 is 1.00 bits per heavy atom. The maximum Gasteiger partial charge on any atom is 0.127 e. The topological polar surface area (TPSA) is 49.7 Å². The third kappa shape index (κ3) is 3.60. The molecule has 0 spiro atoms. The van der Waals surface area contributed by atoms with E-state index in [9.17, 15) is 10.2 Å². The van der Waals surface area contributed by atoms with E-state index in [1.54, 1.807) is 7.11 Å². The van der Waals surface area contributed by atoms with Crippen LogP contribution in [0, 0.1) is 5.92 Å². The summed E-state index contributed by atoms with van der Waals surface area (Å²) in [5.41, 5.74) is 3.63. The summed E-state index contributed by atoms with van der Waals surface area (Å²) in [6, 6.07) is 11.2. The van der Waals surface area contributed by atoms with Crippen molar-refractivity contribution < 1.29 is 14.9 Å². The highest BCUT2D eigenvalue weighted by Gasteiger charge is 2.19. The number of phenols is 2. The predicted octanol–water partition coefficient (Wildman–Crippen LogP) is 4.15. The highest BCUT2D eigenvalue weighted by atomic mass is 16.5. The normalized spacial score (nSPS) is 11.1. The molecule has 0 aliphatic carbocycles. The molecule has 0 heterocycles. The quantitative estimate of drug-likeness (QED) is 0.842. The fourth-order valence-electron chi connectivity index (χ4n) is 2.79. The SMILES string of the molecule is COCCc1c(CC(C)C)c(O)cc(O)c1-c1ccccc1. The third-order valence-electron chi connectivity index (χ3n) is 3.74. The van der Waals surface area contributed by atoms with Crippen LogP contribution in [0.4, 0.5) is 0 Å². The second-order valence-corrected chi connectivity index (χ2v) is 5.95. The molecule has 118 valence electrons. The number of rotatable bonds is 6. The molecular weight excluding hydrogens is 276 g/mol. The number of benzene rings is 2. The molecule has 0 amide bonds. The lowest BCUT2D eigenvalue weighted by atomic mass is 9.88. The Labute approximate surface area is 132 Å². The summed E-state index contributed by atoms with van der Waals surface area (Å²) in [6.07, 6.45) is 1.43. The Balaban J connectivity index is 2.64. The maximum atomic E-state index is 10.4. The van der Waals surface area contributed by atoms with Crippen molar-refractivity contribution in [3.05, 3.63) is 47.5 Å². The van der Waals surface area contributed by atoms with Crippen molar-refractivity contribution in [3.63, 3.8) is 0 Å². The third-order valence-corrected chi connectivity index (χ3v) is 3.74. The Bertz CT molecular complexity index is 618. The molecule has 0 atom stereocenters. The standard InChI is InChI=1S/C19H24O3/c1-13(2)11-16-15(9-10-22-3)19(18(21)12-17(16)20)14-7-5-4-6-8-14/h4-8,12-13,20-21H,9-11H2,1-3H3. The van der Waals surface area contributed by atoms with Crippen LogP contribution in [0.3, 0.4) is 0 Å². The van der Waals surface area contributed by atoms with Gasteiger partial charge in [0, 0.05) is 18.7 Å². The molecule has 0 saturated heterocycles. The number of aromatic hydroxyl groups is 2. The zero-order valence-corrected chi connectivity index (χ0v) is 13.5. The molecule has 0 aliphatic rings. The lowest BCUT2D eigenvalue weighted by Crippen LogP contribution is -2.06. The van der Waals surface area contributed by atoms with Crippen LogP contribution in [0.5, 0.6) is 11.5 Å². The van der Waals surface area contributed by atoms with Gasteiger partial charge in [0.15, 0.2) is 0 Å². The summed E-state index contributed by atoms with van der Waals surface area (Å²) in [6.45, 7) is 4.79. The number of methoxy groups -OCH3 is 1. The molecule has 2 aromatic carbocycles. The minimum atomic E-state index is 0.113. The molecule has 0 aromatic heterocycles. The molecule has 2 N–H and O–H groups in total. The van der Waals surface area contributed by atoms with Crippen LogP contribution in [0.25, 0.3) is 11.1 Å². The molecule has 0 bridgehead atoms. The van der Waals surface area contributed by atoms with Gasteiger partial charge in [0.25, 0.3) is 0 Å². The number of hydrogen-bond acceptors (Lipinski definition) is 3. The Kier molecular flexibility index (Phi) is 5.45. The molecule has 0 radical (unpaired) electrons. The second kappa shape index (κ2) is 7.32. The van der Waals surface area contributed by atoms with E-state index in [1.165, 1.54) is 6.07 Å². The Hall–Kier alpha value is -2.00. The lowest BCUT2D eigenvalue weighted by molar-refractivity contribution is 0.202. The summed E-state index contributed by atoms with van der Waals surface area (Å²) in [7, 11) is 1.66. The average molecular weight is 300 g/mol. The van der Waals surface area contributed by atoms with E-state index >= 15 is 0 Å². The van der Waals surface area contributed by atoms with Gasteiger partial charge in [-0.1, -0.05) is 44.2 Å². The van der Waals surface area contributed by atoms with Gasteiger partial charge < -0.3 is 14.9 Å². The van der Waals surface area contributed by atoms with Crippen molar-refractivity contribution in [2.75, 3.05) is 13.7 Å². The van der Waals surface area contributed by atoms with E-state index in [0.29, 0.717) is 18.9 Å². The van der Waals surface area contributed by atoms with Crippen LogP contribution < -0.4 is 0 Å². The molecule has 2 rings (SSSR count). The van der Waals surface area contributed by atoms with Gasteiger partial charge in [0.2, 0.25) is 0 Å². The first kappa shape index (κ1) is 16.4. The highest BCUT2D eigenvalue weighted by molar-refractivity contribution is 5.77. The molecular formula is C19H24O3. The number of ether oxygens (including phenoxy) is 1. The van der Waals surface area contributed by atoms with E-state index in [0.717, 1.165) is 28.7 Å². The van der Waals surface area contributed by atoms with Crippen molar-refractivity contribution in [1.29, 1.82) is 0 Å². The maximum absolute atomic E-state index is 10.4. The van der Waals surface area contributed by atoms with Gasteiger partial charge in [-0.25, -0.2) is 0 Å². The average Bonchev–Trinajstić information content (AvgIpc) is 2.48. The van der Waals surface area contributed by atoms with Crippen molar-refractivity contribution in [1.82, 2.24) is 0 Å². The van der Waals surface area contributed by atoms with Crippen LogP contribution in [0.15, 0.2) is 36.4 Å². The molecule has 0 saturated carbocycles. The first-order valence-electron chi connectivity index (χ1n) is 7.65. The number of phenolic OH excluding ortho intramolecular Hbond substituents is 2.